The number of nitrogens with zero attached hydrogens (tertiary/aromatic N) is 3. The molecule has 2 saturated carbocycles. The Balaban J connectivity index is 1.59. The molecule has 7 heteroatoms. The van der Waals surface area contributed by atoms with E-state index in [2.05, 4.69) is 16.8 Å². The number of ether oxygens (including phenoxy) is 1. The zero-order valence-corrected chi connectivity index (χ0v) is 22.0. The van der Waals surface area contributed by atoms with Crippen molar-refractivity contribution in [3.05, 3.63) is 23.4 Å². The highest BCUT2D eigenvalue weighted by Gasteiger charge is 2.35. The summed E-state index contributed by atoms with van der Waals surface area (Å²) in [6.07, 6.45) is 11.4. The highest BCUT2D eigenvalue weighted by Crippen LogP contribution is 2.29. The zero-order valence-electron chi connectivity index (χ0n) is 22.0. The molecule has 1 aliphatic heterocycles. The number of likely N-dealkylation sites (N-methyl/N-ethyl adjacent to an activating group) is 1. The van der Waals surface area contributed by atoms with Crippen molar-refractivity contribution in [2.24, 2.45) is 17.8 Å². The SMILES string of the molecule is C[C@@H]1CN([C@H](C)CO)C(=O)c2cc(C#CC3CCCC3)cnc2O[C@H]1CN(C)C(=O)C1CCCCC1. The van der Waals surface area contributed by atoms with E-state index in [1.807, 2.05) is 20.9 Å². The number of aromatic nitrogens is 1. The zero-order chi connectivity index (χ0) is 25.7. The lowest BCUT2D eigenvalue weighted by atomic mass is 9.88. The van der Waals surface area contributed by atoms with Crippen LogP contribution < -0.4 is 4.74 Å². The van der Waals surface area contributed by atoms with Gasteiger partial charge in [0.15, 0.2) is 0 Å². The van der Waals surface area contributed by atoms with Gasteiger partial charge in [0.1, 0.15) is 11.7 Å². The summed E-state index contributed by atoms with van der Waals surface area (Å²) >= 11 is 0. The molecule has 3 aliphatic rings. The summed E-state index contributed by atoms with van der Waals surface area (Å²) in [5.41, 5.74) is 1.07. The maximum atomic E-state index is 13.6. The second-order valence-corrected chi connectivity index (χ2v) is 11.0. The smallest absolute Gasteiger partial charge is 0.259 e. The Kier molecular flexibility index (Phi) is 8.90. The van der Waals surface area contributed by atoms with Crippen molar-refractivity contribution >= 4 is 11.8 Å². The minimum Gasteiger partial charge on any atom is -0.472 e. The van der Waals surface area contributed by atoms with Crippen molar-refractivity contribution in [3.63, 3.8) is 0 Å². The Morgan fingerprint density at radius 1 is 1.22 bits per heavy atom. The molecule has 1 N–H and O–H groups in total. The number of pyridine rings is 1. The van der Waals surface area contributed by atoms with Gasteiger partial charge >= 0.3 is 0 Å². The van der Waals surface area contributed by atoms with Crippen molar-refractivity contribution in [3.8, 4) is 17.7 Å². The van der Waals surface area contributed by atoms with Crippen LogP contribution in [0, 0.1) is 29.6 Å². The van der Waals surface area contributed by atoms with Crippen LogP contribution in [0.4, 0.5) is 0 Å². The molecule has 7 nitrogen and oxygen atoms in total. The fraction of sp³-hybridized carbons (Fsp3) is 0.690. The molecule has 0 bridgehead atoms. The molecule has 2 fully saturated rings. The van der Waals surface area contributed by atoms with Gasteiger partial charge in [-0.2, -0.15) is 0 Å². The van der Waals surface area contributed by atoms with Crippen LogP contribution in [0.25, 0.3) is 0 Å². The maximum absolute atomic E-state index is 13.6. The van der Waals surface area contributed by atoms with E-state index in [9.17, 15) is 14.7 Å². The Morgan fingerprint density at radius 3 is 2.61 bits per heavy atom. The molecule has 0 saturated heterocycles. The van der Waals surface area contributed by atoms with Crippen LogP contribution in [0.5, 0.6) is 5.88 Å². The lowest BCUT2D eigenvalue weighted by Gasteiger charge is -2.38. The highest BCUT2D eigenvalue weighted by molar-refractivity contribution is 5.97. The maximum Gasteiger partial charge on any atom is 0.259 e. The van der Waals surface area contributed by atoms with Gasteiger partial charge in [-0.25, -0.2) is 4.98 Å². The summed E-state index contributed by atoms with van der Waals surface area (Å²) < 4.78 is 6.36. The van der Waals surface area contributed by atoms with E-state index in [-0.39, 0.29) is 48.3 Å². The van der Waals surface area contributed by atoms with Gasteiger partial charge in [-0.05, 0) is 38.7 Å². The third kappa shape index (κ3) is 6.21. The normalized spacial score (nSPS) is 24.1. The first-order valence-electron chi connectivity index (χ1n) is 13.7. The average Bonchev–Trinajstić information content (AvgIpc) is 3.43. The number of aliphatic hydroxyl groups excluding tert-OH is 1. The van der Waals surface area contributed by atoms with E-state index in [0.29, 0.717) is 30.1 Å². The van der Waals surface area contributed by atoms with E-state index in [0.717, 1.165) is 38.5 Å². The van der Waals surface area contributed by atoms with Gasteiger partial charge in [-0.1, -0.05) is 50.9 Å². The first-order valence-corrected chi connectivity index (χ1v) is 13.7. The minimum absolute atomic E-state index is 0.0543. The first kappa shape index (κ1) is 26.5. The molecule has 1 aromatic heterocycles. The molecule has 1 aromatic rings. The molecule has 2 heterocycles. The second kappa shape index (κ2) is 12.1. The molecule has 196 valence electrons. The molecular formula is C29H41N3O4. The predicted molar refractivity (Wildman–Crippen MR) is 138 cm³/mol. The number of aliphatic hydroxyl groups is 1. The van der Waals surface area contributed by atoms with Gasteiger partial charge in [0, 0.05) is 43.1 Å². The Labute approximate surface area is 215 Å². The van der Waals surface area contributed by atoms with Gasteiger partial charge in [0.2, 0.25) is 11.8 Å². The van der Waals surface area contributed by atoms with Gasteiger partial charge in [-0.3, -0.25) is 9.59 Å². The van der Waals surface area contributed by atoms with E-state index < -0.39 is 0 Å². The molecule has 2 aliphatic carbocycles. The van der Waals surface area contributed by atoms with Crippen LogP contribution in [0.3, 0.4) is 0 Å². The number of hydrogen-bond acceptors (Lipinski definition) is 5. The molecule has 2 amide bonds. The van der Waals surface area contributed by atoms with Gasteiger partial charge < -0.3 is 19.6 Å². The molecule has 4 rings (SSSR count). The Morgan fingerprint density at radius 2 is 1.92 bits per heavy atom. The van der Waals surface area contributed by atoms with E-state index in [1.54, 1.807) is 22.1 Å². The highest BCUT2D eigenvalue weighted by atomic mass is 16.5. The predicted octanol–water partition coefficient (Wildman–Crippen LogP) is 3.88. The minimum atomic E-state index is -0.346. The fourth-order valence-electron chi connectivity index (χ4n) is 5.67. The average molecular weight is 496 g/mol. The van der Waals surface area contributed by atoms with Crippen molar-refractivity contribution in [2.45, 2.75) is 83.8 Å². The monoisotopic (exact) mass is 495 g/mol. The summed E-state index contributed by atoms with van der Waals surface area (Å²) in [5, 5.41) is 9.87. The largest absolute Gasteiger partial charge is 0.472 e. The number of rotatable bonds is 5. The fourth-order valence-corrected chi connectivity index (χ4v) is 5.67. The molecular weight excluding hydrogens is 454 g/mol. The first-order chi connectivity index (χ1) is 17.4. The summed E-state index contributed by atoms with van der Waals surface area (Å²) in [6, 6.07) is 1.43. The van der Waals surface area contributed by atoms with Crippen LogP contribution >= 0.6 is 0 Å². The third-order valence-electron chi connectivity index (χ3n) is 8.08. The molecule has 0 unspecified atom stereocenters. The van der Waals surface area contributed by atoms with Crippen molar-refractivity contribution in [2.75, 3.05) is 26.7 Å². The van der Waals surface area contributed by atoms with Gasteiger partial charge in [0.25, 0.3) is 5.91 Å². The van der Waals surface area contributed by atoms with E-state index in [4.69, 9.17) is 4.74 Å². The van der Waals surface area contributed by atoms with Crippen molar-refractivity contribution in [1.29, 1.82) is 0 Å². The van der Waals surface area contributed by atoms with Crippen LogP contribution in [0.15, 0.2) is 12.3 Å². The summed E-state index contributed by atoms with van der Waals surface area (Å²) in [7, 11) is 1.85. The van der Waals surface area contributed by atoms with Crippen LogP contribution in [0.1, 0.15) is 87.6 Å². The second-order valence-electron chi connectivity index (χ2n) is 11.0. The lowest BCUT2D eigenvalue weighted by molar-refractivity contribution is -0.136. The lowest BCUT2D eigenvalue weighted by Crippen LogP contribution is -2.51. The number of carbonyl (C=O) groups excluding carboxylic acids is 2. The summed E-state index contributed by atoms with van der Waals surface area (Å²) in [4.78, 5) is 34.7. The summed E-state index contributed by atoms with van der Waals surface area (Å²) in [6.45, 7) is 4.59. The van der Waals surface area contributed by atoms with Crippen LogP contribution in [0.2, 0.25) is 0 Å². The van der Waals surface area contributed by atoms with Crippen LogP contribution in [-0.4, -0.2) is 70.6 Å². The third-order valence-corrected chi connectivity index (χ3v) is 8.08. The van der Waals surface area contributed by atoms with Crippen molar-refractivity contribution in [1.82, 2.24) is 14.8 Å². The molecule has 0 spiro atoms. The number of fused-ring (bicyclic) bond motifs is 1. The standard InChI is InChI=1S/C29H41N3O4/c1-20-17-32(21(2)19-33)29(35)25-15-23(14-13-22-9-7-8-10-22)16-30-27(25)36-26(20)18-31(3)28(34)24-11-5-4-6-12-24/h15-16,20-22,24,26,33H,4-12,17-19H2,1-3H3/t20-,21-,26+/m1/s1. The summed E-state index contributed by atoms with van der Waals surface area (Å²) in [5.74, 6) is 7.24. The molecule has 3 atom stereocenters. The number of carbonyl (C=O) groups is 2. The van der Waals surface area contributed by atoms with Gasteiger partial charge in [-0.15, -0.1) is 0 Å². The number of amides is 2. The van der Waals surface area contributed by atoms with E-state index in [1.165, 1.54) is 19.3 Å². The van der Waals surface area contributed by atoms with Gasteiger partial charge in [0.05, 0.1) is 19.2 Å². The quantitative estimate of drug-likeness (QED) is 0.627. The Bertz CT molecular complexity index is 988. The van der Waals surface area contributed by atoms with Crippen LogP contribution in [-0.2, 0) is 4.79 Å². The Hall–Kier alpha value is -2.59. The number of hydrogen-bond donors (Lipinski definition) is 1. The molecule has 0 radical (unpaired) electrons. The topological polar surface area (TPSA) is 83.0 Å². The molecule has 0 aromatic carbocycles. The van der Waals surface area contributed by atoms with E-state index >= 15 is 0 Å². The molecule has 36 heavy (non-hydrogen) atoms. The van der Waals surface area contributed by atoms with Crippen molar-refractivity contribution < 1.29 is 19.4 Å².